The normalized spacial score (nSPS) is 11.1. The molecule has 0 saturated carbocycles. The third-order valence-electron chi connectivity index (χ3n) is 4.13. The molecule has 0 atom stereocenters. The molecule has 6 nitrogen and oxygen atoms in total. The average Bonchev–Trinajstić information content (AvgIpc) is 3.16. The molecule has 1 heterocycles. The fourth-order valence-electron chi connectivity index (χ4n) is 2.66. The van der Waals surface area contributed by atoms with Crippen molar-refractivity contribution in [2.75, 3.05) is 23.4 Å². The summed E-state index contributed by atoms with van der Waals surface area (Å²) in [7, 11) is 0. The van der Waals surface area contributed by atoms with Gasteiger partial charge in [0.2, 0.25) is 11.1 Å². The molecular formula is C20H23BrN6S. The van der Waals surface area contributed by atoms with Gasteiger partial charge in [0.15, 0.2) is 0 Å². The lowest BCUT2D eigenvalue weighted by Gasteiger charge is -2.20. The summed E-state index contributed by atoms with van der Waals surface area (Å²) in [6, 6.07) is 16.5. The number of hydrogen-bond acceptors (Lipinski definition) is 6. The van der Waals surface area contributed by atoms with Crippen LogP contribution in [0.15, 0.2) is 63.3 Å². The maximum Gasteiger partial charge on any atom is 0.240 e. The minimum absolute atomic E-state index is 0.521. The first-order valence-electron chi connectivity index (χ1n) is 9.11. The van der Waals surface area contributed by atoms with Gasteiger partial charge in [0.25, 0.3) is 0 Å². The van der Waals surface area contributed by atoms with E-state index in [0.717, 1.165) is 28.9 Å². The zero-order valence-corrected chi connectivity index (χ0v) is 18.3. The molecule has 28 heavy (non-hydrogen) atoms. The van der Waals surface area contributed by atoms with Crippen LogP contribution in [0.1, 0.15) is 25.0 Å². The molecule has 0 spiro atoms. The van der Waals surface area contributed by atoms with Crippen molar-refractivity contribution in [3.05, 3.63) is 64.1 Å². The van der Waals surface area contributed by atoms with E-state index in [4.69, 9.17) is 0 Å². The van der Waals surface area contributed by atoms with Gasteiger partial charge < -0.3 is 4.90 Å². The lowest BCUT2D eigenvalue weighted by atomic mass is 10.2. The number of aromatic amines is 1. The van der Waals surface area contributed by atoms with Crippen LogP contribution in [0.25, 0.3) is 0 Å². The van der Waals surface area contributed by atoms with Crippen LogP contribution < -0.4 is 10.3 Å². The molecule has 0 unspecified atom stereocenters. The monoisotopic (exact) mass is 458 g/mol. The molecule has 1 aromatic heterocycles. The third-order valence-corrected chi connectivity index (χ3v) is 5.54. The maximum atomic E-state index is 4.39. The van der Waals surface area contributed by atoms with Crippen LogP contribution in [0, 0.1) is 0 Å². The number of hydrazone groups is 1. The summed E-state index contributed by atoms with van der Waals surface area (Å²) in [6.07, 6.45) is 1.77. The van der Waals surface area contributed by atoms with Gasteiger partial charge in [-0.2, -0.15) is 10.1 Å². The van der Waals surface area contributed by atoms with Crippen LogP contribution in [0.4, 0.5) is 11.6 Å². The van der Waals surface area contributed by atoms with Gasteiger partial charge in [-0.25, -0.2) is 10.5 Å². The van der Waals surface area contributed by atoms with E-state index in [1.807, 2.05) is 12.1 Å². The van der Waals surface area contributed by atoms with Gasteiger partial charge in [-0.3, -0.25) is 0 Å². The molecule has 2 aromatic carbocycles. The van der Waals surface area contributed by atoms with Gasteiger partial charge in [0.1, 0.15) is 0 Å². The van der Waals surface area contributed by atoms with Gasteiger partial charge in [-0.15, -0.1) is 5.10 Å². The molecule has 3 rings (SSSR count). The third kappa shape index (κ3) is 5.84. The van der Waals surface area contributed by atoms with Crippen LogP contribution in [-0.2, 0) is 5.75 Å². The predicted molar refractivity (Wildman–Crippen MR) is 121 cm³/mol. The lowest BCUT2D eigenvalue weighted by molar-refractivity contribution is 0.866. The summed E-state index contributed by atoms with van der Waals surface area (Å²) >= 11 is 5.05. The van der Waals surface area contributed by atoms with E-state index < -0.39 is 0 Å². The minimum atomic E-state index is 0.521. The molecule has 0 fully saturated rings. The summed E-state index contributed by atoms with van der Waals surface area (Å²) < 4.78 is 1.07. The Labute approximate surface area is 178 Å². The van der Waals surface area contributed by atoms with Crippen LogP contribution in [0.5, 0.6) is 0 Å². The number of nitrogens with one attached hydrogen (secondary N) is 2. The van der Waals surface area contributed by atoms with Gasteiger partial charge >= 0.3 is 0 Å². The van der Waals surface area contributed by atoms with Crippen molar-refractivity contribution in [2.24, 2.45) is 5.10 Å². The fourth-order valence-corrected chi connectivity index (χ4v) is 3.85. The Balaban J connectivity index is 1.51. The van der Waals surface area contributed by atoms with E-state index >= 15 is 0 Å². The van der Waals surface area contributed by atoms with Crippen molar-refractivity contribution in [1.82, 2.24) is 15.2 Å². The molecule has 8 heteroatoms. The number of anilines is 2. The molecule has 0 bridgehead atoms. The van der Waals surface area contributed by atoms with E-state index in [1.165, 1.54) is 11.3 Å². The van der Waals surface area contributed by atoms with Crippen LogP contribution in [-0.4, -0.2) is 34.5 Å². The minimum Gasteiger partial charge on any atom is -0.372 e. The summed E-state index contributed by atoms with van der Waals surface area (Å²) in [5, 5.41) is 12.0. The van der Waals surface area contributed by atoms with Crippen molar-refractivity contribution in [1.29, 1.82) is 0 Å². The number of nitrogens with zero attached hydrogens (tertiary/aromatic N) is 4. The number of thioether (sulfide) groups is 1. The summed E-state index contributed by atoms with van der Waals surface area (Å²) in [4.78, 5) is 6.70. The zero-order valence-electron chi connectivity index (χ0n) is 15.9. The Morgan fingerprint density at radius 1 is 1.18 bits per heavy atom. The van der Waals surface area contributed by atoms with Crippen molar-refractivity contribution in [2.45, 2.75) is 24.8 Å². The van der Waals surface area contributed by atoms with Crippen molar-refractivity contribution >= 4 is 45.5 Å². The largest absolute Gasteiger partial charge is 0.372 e. The van der Waals surface area contributed by atoms with Gasteiger partial charge in [0.05, 0.1) is 6.21 Å². The topological polar surface area (TPSA) is 69.2 Å². The quantitative estimate of drug-likeness (QED) is 0.263. The summed E-state index contributed by atoms with van der Waals surface area (Å²) in [6.45, 7) is 6.31. The second-order valence-electron chi connectivity index (χ2n) is 6.02. The smallest absolute Gasteiger partial charge is 0.240 e. The van der Waals surface area contributed by atoms with E-state index in [9.17, 15) is 0 Å². The van der Waals surface area contributed by atoms with Crippen molar-refractivity contribution in [3.8, 4) is 0 Å². The lowest BCUT2D eigenvalue weighted by Crippen LogP contribution is -2.21. The van der Waals surface area contributed by atoms with Gasteiger partial charge in [0, 0.05) is 29.0 Å². The molecular weight excluding hydrogens is 436 g/mol. The molecule has 0 amide bonds. The number of rotatable bonds is 9. The Kier molecular flexibility index (Phi) is 7.50. The molecule has 0 aliphatic heterocycles. The van der Waals surface area contributed by atoms with Crippen LogP contribution in [0.2, 0.25) is 0 Å². The number of hydrogen-bond donors (Lipinski definition) is 2. The SMILES string of the molecule is CCN(CC)c1ccc(C=NNc2nc(SCc3cccc(Br)c3)n[nH]2)cc1. The van der Waals surface area contributed by atoms with Crippen molar-refractivity contribution in [3.63, 3.8) is 0 Å². The standard InChI is InChI=1S/C20H23BrN6S/c1-3-27(4-2)18-10-8-15(9-11-18)13-22-24-19-23-20(26-25-19)28-14-16-6-5-7-17(21)12-16/h5-13H,3-4,14H2,1-2H3,(H2,23,24,25,26). The van der Waals surface area contributed by atoms with Crippen LogP contribution in [0.3, 0.4) is 0 Å². The summed E-state index contributed by atoms with van der Waals surface area (Å²) in [5.41, 5.74) is 6.34. The Hall–Kier alpha value is -2.32. The molecule has 0 saturated heterocycles. The van der Waals surface area contributed by atoms with Gasteiger partial charge in [-0.1, -0.05) is 52.0 Å². The molecule has 3 aromatic rings. The van der Waals surface area contributed by atoms with E-state index in [1.54, 1.807) is 18.0 Å². The first kappa shape index (κ1) is 20.4. The zero-order chi connectivity index (χ0) is 19.8. The molecule has 0 aliphatic rings. The Morgan fingerprint density at radius 2 is 1.96 bits per heavy atom. The first-order valence-corrected chi connectivity index (χ1v) is 10.9. The predicted octanol–water partition coefficient (Wildman–Crippen LogP) is 5.15. The average molecular weight is 459 g/mol. The highest BCUT2D eigenvalue weighted by Gasteiger charge is 2.04. The molecule has 2 N–H and O–H groups in total. The highest BCUT2D eigenvalue weighted by molar-refractivity contribution is 9.10. The molecule has 146 valence electrons. The first-order chi connectivity index (χ1) is 13.7. The number of H-pyrrole nitrogens is 1. The second kappa shape index (κ2) is 10.3. The van der Waals surface area contributed by atoms with E-state index in [2.05, 4.69) is 96.8 Å². The van der Waals surface area contributed by atoms with E-state index in [-0.39, 0.29) is 0 Å². The van der Waals surface area contributed by atoms with Crippen molar-refractivity contribution < 1.29 is 0 Å². The Bertz CT molecular complexity index is 905. The number of aromatic nitrogens is 3. The second-order valence-corrected chi connectivity index (χ2v) is 7.88. The van der Waals surface area contributed by atoms with Crippen LogP contribution >= 0.6 is 27.7 Å². The van der Waals surface area contributed by atoms with Gasteiger partial charge in [-0.05, 0) is 49.2 Å². The molecule has 0 aliphatic carbocycles. The highest BCUT2D eigenvalue weighted by Crippen LogP contribution is 2.22. The number of benzene rings is 2. The molecule has 0 radical (unpaired) electrons. The fraction of sp³-hybridized carbons (Fsp3) is 0.250. The maximum absolute atomic E-state index is 4.39. The Morgan fingerprint density at radius 3 is 2.68 bits per heavy atom. The highest BCUT2D eigenvalue weighted by atomic mass is 79.9. The number of halogens is 1. The summed E-state index contributed by atoms with van der Waals surface area (Å²) in [5.74, 6) is 1.33. The van der Waals surface area contributed by atoms with E-state index in [0.29, 0.717) is 11.1 Å².